The topological polar surface area (TPSA) is 434 Å². The van der Waals surface area contributed by atoms with Gasteiger partial charge in [-0.25, -0.2) is 24.5 Å². The van der Waals surface area contributed by atoms with Gasteiger partial charge in [0.15, 0.2) is 23.3 Å². The van der Waals surface area contributed by atoms with E-state index < -0.39 is 23.5 Å². The van der Waals surface area contributed by atoms with Gasteiger partial charge in [0.05, 0.1) is 65.4 Å². The van der Waals surface area contributed by atoms with Crippen LogP contribution in [-0.4, -0.2) is 83.9 Å². The van der Waals surface area contributed by atoms with Gasteiger partial charge in [-0.1, -0.05) is 33.1 Å². The van der Waals surface area contributed by atoms with E-state index in [1.54, 1.807) is 30.3 Å². The standard InChI is InChI=1S/C10H9N3O3.C10H11NO4.C9H7N5O.C4H10O.CH3ClN2.CH2N2.2CH4.ClH.H4N2/c1-16-9(15)5-3-2-4-6-7(5)8(14)13-10(11)12-6;1-14-9(12)6-4-3-5-7(11)8(6)10(13)15-2;10-9-11-5-3-1-2-4-6(5)7(12-9)13-14-8(4)15;1-3-5-4-2;2-1(3)4;2-1-3;;;;1-2/h2-4H,1H3,(H3,11,12,13,14);3-5H,11H2,1-2H3;1-3H,(H,14,15)(H3,10,11,12,13);3-4H2,1-2H3;(H3,3,4);2H2;2*1H4;1H;1-2H2. The summed E-state index contributed by atoms with van der Waals surface area (Å²) >= 11 is 4.64. The van der Waals surface area contributed by atoms with Crippen LogP contribution < -0.4 is 56.8 Å². The zero-order valence-corrected chi connectivity index (χ0v) is 35.0. The number of hydrogen-bond acceptors (Lipinski definition) is 21. The number of amidine groups is 1. The number of carbonyl (C=O) groups excluding carboxylic acids is 3. The number of carbonyl (C=O) groups is 3. The van der Waals surface area contributed by atoms with Gasteiger partial charge in [-0.15, -0.1) is 12.4 Å². The van der Waals surface area contributed by atoms with Crippen molar-refractivity contribution in [1.29, 1.82) is 10.7 Å². The second-order valence-corrected chi connectivity index (χ2v) is 10.8. The van der Waals surface area contributed by atoms with E-state index in [0.29, 0.717) is 22.1 Å². The summed E-state index contributed by atoms with van der Waals surface area (Å²) in [5.74, 6) is 6.87. The van der Waals surface area contributed by atoms with E-state index in [9.17, 15) is 24.0 Å². The lowest BCUT2D eigenvalue weighted by atomic mass is 10.1. The summed E-state index contributed by atoms with van der Waals surface area (Å²) in [4.78, 5) is 67.5. The van der Waals surface area contributed by atoms with Crippen molar-refractivity contribution in [2.24, 2.45) is 33.9 Å². The number of aliphatic imine (C=N–C) groups is 1. The van der Waals surface area contributed by atoms with Crippen LogP contribution in [-0.2, 0) is 18.9 Å². The normalized spacial score (nSPS) is 9.35. The first-order valence-corrected chi connectivity index (χ1v) is 17.0. The number of ether oxygens (including phenoxy) is 4. The largest absolute Gasteiger partial charge is 0.465 e. The third-order valence-corrected chi connectivity index (χ3v) is 6.74. The lowest BCUT2D eigenvalue weighted by molar-refractivity contribution is 0.0556. The number of benzene rings is 3. The fourth-order valence-electron chi connectivity index (χ4n) is 4.54. The van der Waals surface area contributed by atoms with E-state index >= 15 is 0 Å². The van der Waals surface area contributed by atoms with Crippen molar-refractivity contribution in [3.8, 4) is 6.19 Å². The summed E-state index contributed by atoms with van der Waals surface area (Å²) in [6, 6.07) is 14.6. The molecule has 0 atom stereocenters. The molecule has 0 bridgehead atoms. The summed E-state index contributed by atoms with van der Waals surface area (Å²) in [6.45, 7) is 5.67. The number of methoxy groups -OCH3 is 3. The minimum atomic E-state index is -0.659. The van der Waals surface area contributed by atoms with E-state index in [1.807, 2.05) is 19.9 Å². The molecule has 2 aromatic heterocycles. The Morgan fingerprint density at radius 2 is 1.32 bits per heavy atom. The molecular formula is C37H55Cl2N15O9. The molecule has 0 saturated carbocycles. The quantitative estimate of drug-likeness (QED) is 0.0115. The van der Waals surface area contributed by atoms with Crippen LogP contribution in [0.4, 0.5) is 23.1 Å². The number of rotatable bonds is 5. The molecule has 24 nitrogen and oxygen atoms in total. The van der Waals surface area contributed by atoms with Crippen molar-refractivity contribution in [3.05, 3.63) is 92.0 Å². The Kier molecular flexibility index (Phi) is 32.7. The highest BCUT2D eigenvalue weighted by atomic mass is 35.5. The van der Waals surface area contributed by atoms with Crippen LogP contribution in [0.15, 0.2) is 69.2 Å². The molecule has 26 heteroatoms. The van der Waals surface area contributed by atoms with Gasteiger partial charge in [-0.3, -0.25) is 31.7 Å². The maximum Gasteiger partial charge on any atom is 0.340 e. The van der Waals surface area contributed by atoms with Crippen molar-refractivity contribution < 1.29 is 33.3 Å². The lowest BCUT2D eigenvalue weighted by Gasteiger charge is -2.14. The second kappa shape index (κ2) is 33.2. The number of nitriles is 1. The van der Waals surface area contributed by atoms with Gasteiger partial charge < -0.3 is 52.9 Å². The van der Waals surface area contributed by atoms with E-state index in [1.165, 1.54) is 45.7 Å². The summed E-state index contributed by atoms with van der Waals surface area (Å²) in [6.07, 6.45) is 1.25. The molecule has 0 spiro atoms. The minimum absolute atomic E-state index is 0. The zero-order valence-electron chi connectivity index (χ0n) is 33.4. The number of nitrogens with zero attached hydrogens (tertiary/aromatic N) is 4. The molecule has 0 radical (unpaired) electrons. The van der Waals surface area contributed by atoms with E-state index in [2.05, 4.69) is 79.4 Å². The van der Waals surface area contributed by atoms with Crippen LogP contribution in [0.3, 0.4) is 0 Å². The molecule has 1 aliphatic heterocycles. The molecule has 0 saturated heterocycles. The van der Waals surface area contributed by atoms with Crippen molar-refractivity contribution >= 4 is 98.0 Å². The summed E-state index contributed by atoms with van der Waals surface area (Å²) in [5, 5.41) is 23.3. The molecule has 0 aliphatic carbocycles. The zero-order chi connectivity index (χ0) is 45.9. The third kappa shape index (κ3) is 19.6. The number of H-pyrrole nitrogens is 2. The van der Waals surface area contributed by atoms with Gasteiger partial charge >= 0.3 is 17.9 Å². The molecular weight excluding hydrogens is 869 g/mol. The van der Waals surface area contributed by atoms with Crippen molar-refractivity contribution in [2.75, 3.05) is 51.3 Å². The maximum absolute atomic E-state index is 11.7. The molecule has 1 aliphatic rings. The Balaban J connectivity index is -0.000000353. The van der Waals surface area contributed by atoms with Gasteiger partial charge in [0.1, 0.15) is 0 Å². The highest BCUT2D eigenvalue weighted by molar-refractivity contribution is 6.63. The van der Waals surface area contributed by atoms with Crippen molar-refractivity contribution in [2.45, 2.75) is 28.7 Å². The SMILES string of the molecule is C.C.CCOCC.COC(=O)c1cccc(N)c1C(=O)OC.COC(=O)c1cccc2nc(N)[nH]c(=O)c12.Cl.N#CN.N=C(N)Cl.NC1=Nc2n[nH]c(=O)c3cccc(c23)N1.NN. The molecule has 3 aromatic carbocycles. The van der Waals surface area contributed by atoms with Gasteiger partial charge in [0.2, 0.25) is 5.95 Å². The number of guanidine groups is 1. The predicted molar refractivity (Wildman–Crippen MR) is 248 cm³/mol. The number of aromatic nitrogens is 4. The molecule has 5 aromatic rings. The van der Waals surface area contributed by atoms with Crippen molar-refractivity contribution in [3.63, 3.8) is 0 Å². The number of anilines is 3. The number of halogens is 2. The van der Waals surface area contributed by atoms with E-state index in [-0.39, 0.29) is 77.8 Å². The molecule has 3 heterocycles. The highest BCUT2D eigenvalue weighted by Crippen LogP contribution is 2.30. The number of aromatic amines is 2. The summed E-state index contributed by atoms with van der Waals surface area (Å²) in [7, 11) is 3.70. The molecule has 0 fully saturated rings. The highest BCUT2D eigenvalue weighted by Gasteiger charge is 2.21. The Morgan fingerprint density at radius 1 is 0.825 bits per heavy atom. The third-order valence-electron chi connectivity index (χ3n) is 6.74. The first-order valence-electron chi connectivity index (χ1n) is 16.6. The van der Waals surface area contributed by atoms with Crippen LogP contribution >= 0.6 is 24.0 Å². The van der Waals surface area contributed by atoms with Crippen LogP contribution in [0.5, 0.6) is 0 Å². The van der Waals surface area contributed by atoms with E-state index in [4.69, 9.17) is 32.6 Å². The van der Waals surface area contributed by atoms with Crippen LogP contribution in [0.2, 0.25) is 0 Å². The molecule has 346 valence electrons. The molecule has 0 amide bonds. The Morgan fingerprint density at radius 3 is 1.83 bits per heavy atom. The van der Waals surface area contributed by atoms with Gasteiger partial charge in [-0.2, -0.15) is 15.4 Å². The van der Waals surface area contributed by atoms with Crippen LogP contribution in [0, 0.1) is 16.9 Å². The molecule has 18 N–H and O–H groups in total. The minimum Gasteiger partial charge on any atom is -0.465 e. The number of hydrogen-bond donors (Lipinski definition) is 11. The average Bonchev–Trinajstić information content (AvgIpc) is 3.22. The summed E-state index contributed by atoms with van der Waals surface area (Å²) < 4.78 is 18.5. The number of esters is 3. The van der Waals surface area contributed by atoms with Gasteiger partial charge in [-0.05, 0) is 61.8 Å². The van der Waals surface area contributed by atoms with Crippen LogP contribution in [0.1, 0.15) is 59.8 Å². The first-order chi connectivity index (χ1) is 28.6. The fourth-order valence-corrected chi connectivity index (χ4v) is 4.54. The van der Waals surface area contributed by atoms with Gasteiger partial charge in [0, 0.05) is 18.9 Å². The number of nitrogens with two attached hydrogens (primary N) is 7. The molecule has 0 unspecified atom stereocenters. The van der Waals surface area contributed by atoms with Gasteiger partial charge in [0.25, 0.3) is 11.1 Å². The first kappa shape index (κ1) is 62.1. The smallest absolute Gasteiger partial charge is 0.340 e. The average molecular weight is 925 g/mol. The maximum atomic E-state index is 11.7. The number of nitrogens with one attached hydrogen (secondary N) is 4. The monoisotopic (exact) mass is 923 g/mol. The predicted octanol–water partition coefficient (Wildman–Crippen LogP) is 2.53. The Labute approximate surface area is 373 Å². The van der Waals surface area contributed by atoms with E-state index in [0.717, 1.165) is 18.9 Å². The molecule has 6 rings (SSSR count). The number of hydrazine groups is 1. The lowest BCUT2D eigenvalue weighted by Crippen LogP contribution is -2.25. The number of nitrogen functional groups attached to an aromatic ring is 2. The fraction of sp³-hybridized carbons (Fsp3) is 0.243. The number of fused-ring (bicyclic) bond motifs is 1. The van der Waals surface area contributed by atoms with Crippen LogP contribution in [0.25, 0.3) is 21.7 Å². The summed E-state index contributed by atoms with van der Waals surface area (Å²) in [5.41, 5.74) is 26.1. The Bertz CT molecular complexity index is 2420. The Hall–Kier alpha value is -7.56. The molecule has 63 heavy (non-hydrogen) atoms. The van der Waals surface area contributed by atoms with Crippen molar-refractivity contribution in [1.82, 2.24) is 20.2 Å². The second-order valence-electron chi connectivity index (χ2n) is 10.4.